The van der Waals surface area contributed by atoms with Crippen molar-refractivity contribution in [3.05, 3.63) is 53.8 Å². The summed E-state index contributed by atoms with van der Waals surface area (Å²) in [6.45, 7) is 4.33. The predicted molar refractivity (Wildman–Crippen MR) is 109 cm³/mol. The van der Waals surface area contributed by atoms with Crippen LogP contribution in [0.4, 0.5) is 0 Å². The molecule has 154 valence electrons. The molecule has 1 aromatic carbocycles. The fourth-order valence-corrected chi connectivity index (χ4v) is 3.79. The monoisotopic (exact) mass is 417 g/mol. The standard InChI is InChI=1S/C20H23N3O5S/c1-5-23-18-10-9-16(29(25,26)22(3)4)12-17(18)21-19(23)13-27-20(24)11-8-15-7-6-14(2)28-15/h6-12H,5,13H2,1-4H3/b11-8+. The first kappa shape index (κ1) is 20.8. The van der Waals surface area contributed by atoms with Crippen molar-refractivity contribution < 1.29 is 22.4 Å². The van der Waals surface area contributed by atoms with Gasteiger partial charge in [-0.1, -0.05) is 0 Å². The number of rotatable bonds is 7. The van der Waals surface area contributed by atoms with Gasteiger partial charge in [0.2, 0.25) is 10.0 Å². The van der Waals surface area contributed by atoms with Gasteiger partial charge in [0.05, 0.1) is 15.9 Å². The van der Waals surface area contributed by atoms with E-state index in [1.807, 2.05) is 18.4 Å². The van der Waals surface area contributed by atoms with Crippen molar-refractivity contribution in [1.29, 1.82) is 0 Å². The molecule has 3 aromatic rings. The molecular formula is C20H23N3O5S. The molecule has 0 atom stereocenters. The minimum Gasteiger partial charge on any atom is -0.462 e. The number of aromatic nitrogens is 2. The van der Waals surface area contributed by atoms with Gasteiger partial charge in [0.25, 0.3) is 0 Å². The summed E-state index contributed by atoms with van der Waals surface area (Å²) in [7, 11) is -0.598. The fraction of sp³-hybridized carbons (Fsp3) is 0.300. The van der Waals surface area contributed by atoms with Crippen LogP contribution in [0.3, 0.4) is 0 Å². The number of imidazole rings is 1. The van der Waals surface area contributed by atoms with Crippen LogP contribution in [0.2, 0.25) is 0 Å². The van der Waals surface area contributed by atoms with Crippen molar-refractivity contribution in [3.63, 3.8) is 0 Å². The minimum atomic E-state index is -3.56. The summed E-state index contributed by atoms with van der Waals surface area (Å²) in [4.78, 5) is 16.6. The van der Waals surface area contributed by atoms with E-state index in [0.29, 0.717) is 23.6 Å². The van der Waals surface area contributed by atoms with Gasteiger partial charge in [-0.3, -0.25) is 0 Å². The Bertz CT molecular complexity index is 1170. The van der Waals surface area contributed by atoms with E-state index in [1.165, 1.54) is 32.3 Å². The lowest BCUT2D eigenvalue weighted by atomic mass is 10.3. The highest BCUT2D eigenvalue weighted by Crippen LogP contribution is 2.22. The van der Waals surface area contributed by atoms with Crippen molar-refractivity contribution in [3.8, 4) is 0 Å². The highest BCUT2D eigenvalue weighted by atomic mass is 32.2. The van der Waals surface area contributed by atoms with Crippen LogP contribution in [0.5, 0.6) is 0 Å². The lowest BCUT2D eigenvalue weighted by Crippen LogP contribution is -2.22. The summed E-state index contributed by atoms with van der Waals surface area (Å²) < 4.78 is 38.4. The van der Waals surface area contributed by atoms with Crippen LogP contribution in [-0.2, 0) is 32.7 Å². The molecule has 29 heavy (non-hydrogen) atoms. The number of furan rings is 1. The molecule has 0 saturated carbocycles. The molecule has 0 aliphatic carbocycles. The number of fused-ring (bicyclic) bond motifs is 1. The lowest BCUT2D eigenvalue weighted by Gasteiger charge is -2.11. The molecule has 2 heterocycles. The van der Waals surface area contributed by atoms with Gasteiger partial charge >= 0.3 is 5.97 Å². The highest BCUT2D eigenvalue weighted by molar-refractivity contribution is 7.89. The summed E-state index contributed by atoms with van der Waals surface area (Å²) in [5, 5.41) is 0. The Morgan fingerprint density at radius 2 is 2.03 bits per heavy atom. The van der Waals surface area contributed by atoms with Gasteiger partial charge in [-0.2, -0.15) is 0 Å². The van der Waals surface area contributed by atoms with Crippen molar-refractivity contribution in [2.24, 2.45) is 0 Å². The SMILES string of the molecule is CCn1c(COC(=O)/C=C/c2ccc(C)o2)nc2cc(S(=O)(=O)N(C)C)ccc21. The number of benzene rings is 1. The van der Waals surface area contributed by atoms with Gasteiger partial charge in [-0.15, -0.1) is 0 Å². The van der Waals surface area contributed by atoms with Gasteiger partial charge in [0, 0.05) is 26.7 Å². The molecule has 0 unspecified atom stereocenters. The van der Waals surface area contributed by atoms with Crippen molar-refractivity contribution in [2.75, 3.05) is 14.1 Å². The topological polar surface area (TPSA) is 94.6 Å². The third-order valence-electron chi connectivity index (χ3n) is 4.38. The van der Waals surface area contributed by atoms with Crippen LogP contribution in [-0.4, -0.2) is 42.3 Å². The second-order valence-corrected chi connectivity index (χ2v) is 8.75. The largest absolute Gasteiger partial charge is 0.462 e. The Kier molecular flexibility index (Phi) is 5.90. The van der Waals surface area contributed by atoms with Gasteiger partial charge in [-0.25, -0.2) is 22.5 Å². The number of aryl methyl sites for hydroxylation is 2. The van der Waals surface area contributed by atoms with Gasteiger partial charge in [0.1, 0.15) is 24.0 Å². The summed E-state index contributed by atoms with van der Waals surface area (Å²) in [6, 6.07) is 8.36. The van der Waals surface area contributed by atoms with Crippen LogP contribution in [0, 0.1) is 6.92 Å². The van der Waals surface area contributed by atoms with Gasteiger partial charge in [0.15, 0.2) is 0 Å². The molecule has 0 spiro atoms. The maximum Gasteiger partial charge on any atom is 0.331 e. The van der Waals surface area contributed by atoms with E-state index < -0.39 is 16.0 Å². The first-order valence-electron chi connectivity index (χ1n) is 9.05. The molecule has 0 saturated heterocycles. The molecule has 3 rings (SSSR count). The van der Waals surface area contributed by atoms with Crippen LogP contribution in [0.15, 0.2) is 45.7 Å². The Balaban J connectivity index is 1.80. The molecule has 9 heteroatoms. The summed E-state index contributed by atoms with van der Waals surface area (Å²) in [5.74, 6) is 1.34. The third kappa shape index (κ3) is 4.41. The molecule has 0 fully saturated rings. The van der Waals surface area contributed by atoms with E-state index in [-0.39, 0.29) is 11.5 Å². The second kappa shape index (κ2) is 8.22. The Hall–Kier alpha value is -2.91. The molecular weight excluding hydrogens is 394 g/mol. The normalized spacial score (nSPS) is 12.3. The Morgan fingerprint density at radius 1 is 1.28 bits per heavy atom. The number of hydrogen-bond donors (Lipinski definition) is 0. The average molecular weight is 417 g/mol. The van der Waals surface area contributed by atoms with E-state index in [4.69, 9.17) is 9.15 Å². The van der Waals surface area contributed by atoms with E-state index in [9.17, 15) is 13.2 Å². The number of esters is 1. The van der Waals surface area contributed by atoms with Crippen LogP contribution in [0.25, 0.3) is 17.1 Å². The van der Waals surface area contributed by atoms with E-state index in [0.717, 1.165) is 15.6 Å². The number of carbonyl (C=O) groups excluding carboxylic acids is 1. The van der Waals surface area contributed by atoms with E-state index >= 15 is 0 Å². The number of hydrogen-bond acceptors (Lipinski definition) is 6. The zero-order valence-corrected chi connectivity index (χ0v) is 17.6. The van der Waals surface area contributed by atoms with E-state index in [2.05, 4.69) is 4.98 Å². The quantitative estimate of drug-likeness (QED) is 0.433. The Labute approximate surface area is 169 Å². The highest BCUT2D eigenvalue weighted by Gasteiger charge is 2.19. The average Bonchev–Trinajstić information content (AvgIpc) is 3.26. The molecule has 0 bridgehead atoms. The molecule has 0 radical (unpaired) electrons. The molecule has 0 aliphatic heterocycles. The molecule has 0 N–H and O–H groups in total. The number of sulfonamides is 1. The van der Waals surface area contributed by atoms with Crippen LogP contribution in [0.1, 0.15) is 24.3 Å². The number of carbonyl (C=O) groups is 1. The van der Waals surface area contributed by atoms with Crippen LogP contribution < -0.4 is 0 Å². The van der Waals surface area contributed by atoms with Gasteiger partial charge < -0.3 is 13.7 Å². The smallest absolute Gasteiger partial charge is 0.331 e. The second-order valence-electron chi connectivity index (χ2n) is 6.60. The fourth-order valence-electron chi connectivity index (χ4n) is 2.87. The summed E-state index contributed by atoms with van der Waals surface area (Å²) >= 11 is 0. The number of nitrogens with zero attached hydrogens (tertiary/aromatic N) is 3. The van der Waals surface area contributed by atoms with Gasteiger partial charge in [-0.05, 0) is 50.3 Å². The summed E-state index contributed by atoms with van der Waals surface area (Å²) in [6.07, 6.45) is 2.83. The van der Waals surface area contributed by atoms with Crippen molar-refractivity contribution in [1.82, 2.24) is 13.9 Å². The maximum absolute atomic E-state index is 12.3. The first-order valence-corrected chi connectivity index (χ1v) is 10.5. The third-order valence-corrected chi connectivity index (χ3v) is 6.19. The molecule has 2 aromatic heterocycles. The van der Waals surface area contributed by atoms with E-state index in [1.54, 1.807) is 24.3 Å². The van der Waals surface area contributed by atoms with Crippen molar-refractivity contribution in [2.45, 2.75) is 31.9 Å². The lowest BCUT2D eigenvalue weighted by molar-refractivity contribution is -0.139. The molecule has 0 aliphatic rings. The minimum absolute atomic E-state index is 0.0291. The maximum atomic E-state index is 12.3. The van der Waals surface area contributed by atoms with Crippen LogP contribution >= 0.6 is 0 Å². The zero-order chi connectivity index (χ0) is 21.2. The zero-order valence-electron chi connectivity index (χ0n) is 16.7. The number of ether oxygens (including phenoxy) is 1. The predicted octanol–water partition coefficient (Wildman–Crippen LogP) is 2.96. The Morgan fingerprint density at radius 3 is 2.66 bits per heavy atom. The first-order chi connectivity index (χ1) is 13.7. The summed E-state index contributed by atoms with van der Waals surface area (Å²) in [5.41, 5.74) is 1.31. The molecule has 0 amide bonds. The molecule has 8 nitrogen and oxygen atoms in total. The van der Waals surface area contributed by atoms with Crippen molar-refractivity contribution >= 4 is 33.1 Å².